The van der Waals surface area contributed by atoms with Gasteiger partial charge in [0.1, 0.15) is 11.5 Å². The highest BCUT2D eigenvalue weighted by atomic mass is 32.1. The van der Waals surface area contributed by atoms with E-state index >= 15 is 0 Å². The molecule has 0 fully saturated rings. The fourth-order valence-corrected chi connectivity index (χ4v) is 2.54. The topological polar surface area (TPSA) is 79.8 Å². The average Bonchev–Trinajstić information content (AvgIpc) is 2.89. The number of hydrogen-bond donors (Lipinski definition) is 2. The zero-order valence-corrected chi connectivity index (χ0v) is 11.4. The second-order valence-corrected chi connectivity index (χ2v) is 5.01. The summed E-state index contributed by atoms with van der Waals surface area (Å²) in [6, 6.07) is 7.72. The van der Waals surface area contributed by atoms with Crippen LogP contribution in [-0.2, 0) is 0 Å². The van der Waals surface area contributed by atoms with Crippen molar-refractivity contribution >= 4 is 38.4 Å². The van der Waals surface area contributed by atoms with E-state index < -0.39 is 0 Å². The van der Waals surface area contributed by atoms with Gasteiger partial charge in [-0.1, -0.05) is 23.5 Å². The van der Waals surface area contributed by atoms with Gasteiger partial charge < -0.3 is 5.32 Å². The maximum Gasteiger partial charge on any atom is 0.277 e. The first kappa shape index (κ1) is 12.5. The minimum atomic E-state index is -0.325. The number of rotatable bonds is 3. The number of fused-ring (bicyclic) bond motifs is 1. The summed E-state index contributed by atoms with van der Waals surface area (Å²) < 4.78 is 1.03. The molecule has 2 aromatic heterocycles. The van der Waals surface area contributed by atoms with E-state index in [0.29, 0.717) is 10.9 Å². The van der Waals surface area contributed by atoms with Crippen LogP contribution in [0.15, 0.2) is 36.7 Å². The molecule has 0 aliphatic rings. The van der Waals surface area contributed by atoms with E-state index in [-0.39, 0.29) is 11.6 Å². The van der Waals surface area contributed by atoms with Gasteiger partial charge in [0.15, 0.2) is 5.13 Å². The van der Waals surface area contributed by atoms with Gasteiger partial charge in [0.25, 0.3) is 5.91 Å². The molecule has 0 saturated carbocycles. The first-order valence-corrected chi connectivity index (χ1v) is 6.74. The summed E-state index contributed by atoms with van der Waals surface area (Å²) in [5.41, 5.74) is 1.11. The third-order valence-corrected chi connectivity index (χ3v) is 3.59. The van der Waals surface area contributed by atoms with E-state index in [9.17, 15) is 4.79 Å². The van der Waals surface area contributed by atoms with Gasteiger partial charge in [0.05, 0.1) is 22.6 Å². The second kappa shape index (κ2) is 5.22. The minimum absolute atomic E-state index is 0.246. The molecule has 0 spiro atoms. The van der Waals surface area contributed by atoms with Crippen molar-refractivity contribution in [3.05, 3.63) is 42.4 Å². The number of nitrogens with one attached hydrogen (secondary N) is 2. The summed E-state index contributed by atoms with van der Waals surface area (Å²) >= 11 is 1.42. The fraction of sp³-hybridized carbons (Fsp3) is 0.0769. The molecule has 1 amide bonds. The Morgan fingerprint density at radius 2 is 2.05 bits per heavy atom. The summed E-state index contributed by atoms with van der Waals surface area (Å²) in [6.45, 7) is 0. The number of para-hydroxylation sites is 1. The summed E-state index contributed by atoms with van der Waals surface area (Å²) in [6.07, 6.45) is 2.97. The fourth-order valence-electron chi connectivity index (χ4n) is 1.68. The predicted octanol–water partition coefficient (Wildman–Crippen LogP) is 2.38. The van der Waals surface area contributed by atoms with Crippen molar-refractivity contribution in [1.29, 1.82) is 0 Å². The van der Waals surface area contributed by atoms with Crippen molar-refractivity contribution in [3.63, 3.8) is 0 Å². The summed E-state index contributed by atoms with van der Waals surface area (Å²) in [4.78, 5) is 24.5. The predicted molar refractivity (Wildman–Crippen MR) is 79.2 cm³/mol. The highest BCUT2D eigenvalue weighted by molar-refractivity contribution is 7.22. The van der Waals surface area contributed by atoms with E-state index in [1.807, 2.05) is 24.3 Å². The lowest BCUT2D eigenvalue weighted by Gasteiger charge is -2.02. The van der Waals surface area contributed by atoms with Crippen LogP contribution in [0.2, 0.25) is 0 Å². The van der Waals surface area contributed by atoms with Crippen LogP contribution >= 0.6 is 11.3 Å². The number of aromatic nitrogens is 3. The molecule has 6 nitrogen and oxygen atoms in total. The van der Waals surface area contributed by atoms with Crippen molar-refractivity contribution < 1.29 is 4.79 Å². The molecule has 3 rings (SSSR count). The van der Waals surface area contributed by atoms with Gasteiger partial charge in [0.2, 0.25) is 0 Å². The smallest absolute Gasteiger partial charge is 0.277 e. The maximum atomic E-state index is 12.1. The van der Waals surface area contributed by atoms with Gasteiger partial charge in [-0.15, -0.1) is 0 Å². The molecule has 0 radical (unpaired) electrons. The molecule has 100 valence electrons. The van der Waals surface area contributed by atoms with E-state index in [1.54, 1.807) is 13.2 Å². The van der Waals surface area contributed by atoms with Gasteiger partial charge in [-0.25, -0.2) is 9.97 Å². The zero-order valence-electron chi connectivity index (χ0n) is 10.6. The molecular formula is C13H11N5OS. The number of hydrogen-bond acceptors (Lipinski definition) is 6. The van der Waals surface area contributed by atoms with Crippen molar-refractivity contribution in [2.24, 2.45) is 0 Å². The Balaban J connectivity index is 1.84. The summed E-state index contributed by atoms with van der Waals surface area (Å²) in [7, 11) is 1.72. The molecule has 20 heavy (non-hydrogen) atoms. The van der Waals surface area contributed by atoms with Crippen LogP contribution in [0, 0.1) is 0 Å². The highest BCUT2D eigenvalue weighted by Gasteiger charge is 2.11. The van der Waals surface area contributed by atoms with Crippen LogP contribution in [0.3, 0.4) is 0 Å². The molecule has 0 aliphatic heterocycles. The molecule has 0 atom stereocenters. The zero-order chi connectivity index (χ0) is 13.9. The molecule has 1 aromatic carbocycles. The normalized spacial score (nSPS) is 10.4. The van der Waals surface area contributed by atoms with Gasteiger partial charge in [-0.3, -0.25) is 15.1 Å². The number of carbonyl (C=O) groups is 1. The Hall–Kier alpha value is -2.54. The lowest BCUT2D eigenvalue weighted by Crippen LogP contribution is -2.14. The van der Waals surface area contributed by atoms with Gasteiger partial charge in [-0.2, -0.15) is 0 Å². The molecule has 0 unspecified atom stereocenters. The van der Waals surface area contributed by atoms with E-state index in [2.05, 4.69) is 25.6 Å². The van der Waals surface area contributed by atoms with Gasteiger partial charge in [-0.05, 0) is 12.1 Å². The lowest BCUT2D eigenvalue weighted by atomic mass is 10.3. The number of thiazole rings is 1. The number of benzene rings is 1. The second-order valence-electron chi connectivity index (χ2n) is 3.98. The lowest BCUT2D eigenvalue weighted by molar-refractivity contribution is 0.102. The monoisotopic (exact) mass is 285 g/mol. The standard InChI is InChI=1S/C13H11N5OS/c1-14-11-7-15-6-9(16-11)12(19)18-13-17-8-4-2-3-5-10(8)20-13/h2-7H,1H3,(H,14,16)(H,17,18,19). The van der Waals surface area contributed by atoms with Crippen LogP contribution in [0.5, 0.6) is 0 Å². The van der Waals surface area contributed by atoms with Crippen molar-refractivity contribution in [2.75, 3.05) is 17.7 Å². The molecule has 0 bridgehead atoms. The first-order chi connectivity index (χ1) is 9.76. The number of carbonyl (C=O) groups excluding carboxylic acids is 1. The Morgan fingerprint density at radius 1 is 1.20 bits per heavy atom. The number of amides is 1. The average molecular weight is 285 g/mol. The molecule has 7 heteroatoms. The number of anilines is 2. The van der Waals surface area contributed by atoms with Gasteiger partial charge >= 0.3 is 0 Å². The Morgan fingerprint density at radius 3 is 2.85 bits per heavy atom. The molecular weight excluding hydrogens is 274 g/mol. The van der Waals surface area contributed by atoms with Crippen LogP contribution in [0.1, 0.15) is 10.5 Å². The molecule has 2 N–H and O–H groups in total. The van der Waals surface area contributed by atoms with E-state index in [0.717, 1.165) is 10.2 Å². The summed E-state index contributed by atoms with van der Waals surface area (Å²) in [5.74, 6) is 0.218. The molecule has 3 aromatic rings. The molecule has 0 aliphatic carbocycles. The van der Waals surface area contributed by atoms with Crippen LogP contribution in [-0.4, -0.2) is 27.9 Å². The largest absolute Gasteiger partial charge is 0.372 e. The van der Waals surface area contributed by atoms with Crippen LogP contribution in [0.25, 0.3) is 10.2 Å². The quantitative estimate of drug-likeness (QED) is 0.772. The van der Waals surface area contributed by atoms with Gasteiger partial charge in [0, 0.05) is 7.05 Å². The third-order valence-electron chi connectivity index (χ3n) is 2.64. The van der Waals surface area contributed by atoms with Crippen LogP contribution in [0.4, 0.5) is 10.9 Å². The Bertz CT molecular complexity index is 737. The number of nitrogens with zero attached hydrogens (tertiary/aromatic N) is 3. The third kappa shape index (κ3) is 2.43. The Kier molecular flexibility index (Phi) is 3.26. The highest BCUT2D eigenvalue weighted by Crippen LogP contribution is 2.25. The van der Waals surface area contributed by atoms with E-state index in [4.69, 9.17) is 0 Å². The Labute approximate surface area is 118 Å². The SMILES string of the molecule is CNc1cncc(C(=O)Nc2nc3ccccc3s2)n1. The molecule has 0 saturated heterocycles. The van der Waals surface area contributed by atoms with Crippen molar-refractivity contribution in [2.45, 2.75) is 0 Å². The van der Waals surface area contributed by atoms with Crippen molar-refractivity contribution in [1.82, 2.24) is 15.0 Å². The van der Waals surface area contributed by atoms with Crippen molar-refractivity contribution in [3.8, 4) is 0 Å². The van der Waals surface area contributed by atoms with E-state index in [1.165, 1.54) is 17.5 Å². The molecule has 2 heterocycles. The first-order valence-electron chi connectivity index (χ1n) is 5.93. The summed E-state index contributed by atoms with van der Waals surface area (Å²) in [5, 5.41) is 6.13. The minimum Gasteiger partial charge on any atom is -0.372 e. The maximum absolute atomic E-state index is 12.1. The van der Waals surface area contributed by atoms with Crippen LogP contribution < -0.4 is 10.6 Å².